The predicted octanol–water partition coefficient (Wildman–Crippen LogP) is 2.80. The smallest absolute Gasteiger partial charge is 0.260 e. The Labute approximate surface area is 153 Å². The van der Waals surface area contributed by atoms with Gasteiger partial charge in [0.2, 0.25) is 0 Å². The molecule has 0 saturated heterocycles. The minimum atomic E-state index is -0.0206. The number of fused-ring (bicyclic) bond motifs is 3. The van der Waals surface area contributed by atoms with E-state index in [1.807, 2.05) is 0 Å². The second kappa shape index (κ2) is 6.87. The van der Waals surface area contributed by atoms with E-state index < -0.39 is 0 Å². The Bertz CT molecular complexity index is 959. The Morgan fingerprint density at radius 3 is 3.16 bits per heavy atom. The summed E-state index contributed by atoms with van der Waals surface area (Å²) in [5.41, 5.74) is 1.20. The molecule has 3 aromatic heterocycles. The topological polar surface area (TPSA) is 89.3 Å². The van der Waals surface area contributed by atoms with Crippen molar-refractivity contribution in [2.24, 2.45) is 5.92 Å². The zero-order valence-corrected chi connectivity index (χ0v) is 15.9. The summed E-state index contributed by atoms with van der Waals surface area (Å²) in [5.74, 6) is 2.07. The van der Waals surface area contributed by atoms with E-state index in [1.54, 1.807) is 16.0 Å². The third kappa shape index (κ3) is 3.22. The fraction of sp³-hybridized carbons (Fsp3) is 0.562. The molecule has 0 saturated carbocycles. The number of nitrogens with one attached hydrogen (secondary N) is 1. The maximum absolute atomic E-state index is 12.6. The molecular formula is C16H20N6OS2. The highest BCUT2D eigenvalue weighted by Crippen LogP contribution is 2.36. The molecule has 0 amide bonds. The SMILES string of the molecule is CCCn1nnnc1CSc1nc2sc3c(c2c(=O)[nH]1)CC[C@@H](C)C3. The van der Waals surface area contributed by atoms with E-state index in [4.69, 9.17) is 0 Å². The summed E-state index contributed by atoms with van der Waals surface area (Å²) in [6.45, 7) is 5.15. The zero-order valence-electron chi connectivity index (χ0n) is 14.3. The number of rotatable bonds is 5. The first-order valence-electron chi connectivity index (χ1n) is 8.58. The first kappa shape index (κ1) is 16.7. The molecule has 4 rings (SSSR count). The molecule has 0 aromatic carbocycles. The number of nitrogens with zero attached hydrogens (tertiary/aromatic N) is 5. The van der Waals surface area contributed by atoms with Crippen LogP contribution >= 0.6 is 23.1 Å². The van der Waals surface area contributed by atoms with Crippen molar-refractivity contribution in [1.82, 2.24) is 30.2 Å². The number of tetrazole rings is 1. The highest BCUT2D eigenvalue weighted by atomic mass is 32.2. The maximum atomic E-state index is 12.6. The van der Waals surface area contributed by atoms with Gasteiger partial charge in [-0.2, -0.15) is 0 Å². The van der Waals surface area contributed by atoms with Crippen LogP contribution in [0.2, 0.25) is 0 Å². The van der Waals surface area contributed by atoms with Crippen molar-refractivity contribution in [2.75, 3.05) is 0 Å². The number of hydrogen-bond acceptors (Lipinski definition) is 7. The molecule has 0 spiro atoms. The van der Waals surface area contributed by atoms with Crippen molar-refractivity contribution in [3.8, 4) is 0 Å². The van der Waals surface area contributed by atoms with Crippen LogP contribution in [0.15, 0.2) is 9.95 Å². The lowest BCUT2D eigenvalue weighted by molar-refractivity contribution is 0.509. The molecule has 9 heteroatoms. The van der Waals surface area contributed by atoms with E-state index >= 15 is 0 Å². The molecule has 1 aliphatic rings. The third-order valence-corrected chi connectivity index (χ3v) is 6.54. The molecule has 132 valence electrons. The van der Waals surface area contributed by atoms with Crippen molar-refractivity contribution in [3.05, 3.63) is 26.6 Å². The number of H-pyrrole nitrogens is 1. The minimum absolute atomic E-state index is 0.0206. The van der Waals surface area contributed by atoms with Crippen LogP contribution in [0.1, 0.15) is 43.0 Å². The van der Waals surface area contributed by atoms with Crippen LogP contribution in [-0.4, -0.2) is 30.2 Å². The first-order chi connectivity index (χ1) is 12.2. The summed E-state index contributed by atoms with van der Waals surface area (Å²) < 4.78 is 1.80. The highest BCUT2D eigenvalue weighted by Gasteiger charge is 2.23. The Hall–Kier alpha value is -1.74. The number of thiophene rings is 1. The lowest BCUT2D eigenvalue weighted by Crippen LogP contribution is -2.13. The Morgan fingerprint density at radius 1 is 1.44 bits per heavy atom. The van der Waals surface area contributed by atoms with Gasteiger partial charge in [0.05, 0.1) is 11.1 Å². The molecule has 1 atom stereocenters. The number of aromatic amines is 1. The summed E-state index contributed by atoms with van der Waals surface area (Å²) in [7, 11) is 0. The van der Waals surface area contributed by atoms with Crippen molar-refractivity contribution in [1.29, 1.82) is 0 Å². The lowest BCUT2D eigenvalue weighted by Gasteiger charge is -2.17. The molecule has 0 aliphatic heterocycles. The molecule has 0 unspecified atom stereocenters. The number of hydrogen-bond donors (Lipinski definition) is 1. The van der Waals surface area contributed by atoms with E-state index in [1.165, 1.54) is 22.2 Å². The van der Waals surface area contributed by atoms with E-state index in [-0.39, 0.29) is 5.56 Å². The molecule has 25 heavy (non-hydrogen) atoms. The predicted molar refractivity (Wildman–Crippen MR) is 99.1 cm³/mol. The van der Waals surface area contributed by atoms with Crippen LogP contribution in [-0.2, 0) is 25.1 Å². The second-order valence-corrected chi connectivity index (χ2v) is 8.56. The molecule has 3 aromatic rings. The van der Waals surface area contributed by atoms with Crippen LogP contribution in [0.5, 0.6) is 0 Å². The van der Waals surface area contributed by atoms with Gasteiger partial charge in [-0.3, -0.25) is 4.79 Å². The quantitative estimate of drug-likeness (QED) is 0.544. The fourth-order valence-corrected chi connectivity index (χ4v) is 5.48. The van der Waals surface area contributed by atoms with Crippen molar-refractivity contribution in [2.45, 2.75) is 57.0 Å². The van der Waals surface area contributed by atoms with Crippen LogP contribution in [0.3, 0.4) is 0 Å². The van der Waals surface area contributed by atoms with Gasteiger partial charge in [-0.25, -0.2) is 9.67 Å². The van der Waals surface area contributed by atoms with E-state index in [9.17, 15) is 4.79 Å². The zero-order chi connectivity index (χ0) is 17.4. The molecule has 0 bridgehead atoms. The standard InChI is InChI=1S/C16H20N6OS2/c1-3-6-22-12(19-20-21-22)8-24-16-17-14(23)13-10-5-4-9(2)7-11(10)25-15(13)18-16/h9H,3-8H2,1-2H3,(H,17,18,23)/t9-/m1/s1. The second-order valence-electron chi connectivity index (χ2n) is 6.51. The molecular weight excluding hydrogens is 356 g/mol. The van der Waals surface area contributed by atoms with Gasteiger partial charge in [-0.15, -0.1) is 16.4 Å². The Morgan fingerprint density at radius 2 is 2.32 bits per heavy atom. The maximum Gasteiger partial charge on any atom is 0.260 e. The highest BCUT2D eigenvalue weighted by molar-refractivity contribution is 7.98. The molecule has 1 N–H and O–H groups in total. The average molecular weight is 377 g/mol. The van der Waals surface area contributed by atoms with Gasteiger partial charge in [0.15, 0.2) is 11.0 Å². The molecule has 1 aliphatic carbocycles. The number of aryl methyl sites for hydroxylation is 2. The van der Waals surface area contributed by atoms with Gasteiger partial charge in [0, 0.05) is 11.4 Å². The Balaban J connectivity index is 1.61. The van der Waals surface area contributed by atoms with Gasteiger partial charge in [0.25, 0.3) is 5.56 Å². The van der Waals surface area contributed by atoms with Gasteiger partial charge in [-0.1, -0.05) is 25.6 Å². The fourth-order valence-electron chi connectivity index (χ4n) is 3.24. The largest absolute Gasteiger partial charge is 0.301 e. The van der Waals surface area contributed by atoms with Gasteiger partial charge in [-0.05, 0) is 47.6 Å². The van der Waals surface area contributed by atoms with Crippen LogP contribution in [0.25, 0.3) is 10.2 Å². The molecule has 3 heterocycles. The summed E-state index contributed by atoms with van der Waals surface area (Å²) in [4.78, 5) is 22.4. The van der Waals surface area contributed by atoms with Crippen molar-refractivity contribution in [3.63, 3.8) is 0 Å². The average Bonchev–Trinajstić information content (AvgIpc) is 3.16. The van der Waals surface area contributed by atoms with Crippen molar-refractivity contribution >= 4 is 33.3 Å². The van der Waals surface area contributed by atoms with Gasteiger partial charge in [0.1, 0.15) is 4.83 Å². The summed E-state index contributed by atoms with van der Waals surface area (Å²) >= 11 is 3.15. The number of aromatic nitrogens is 6. The Kier molecular flexibility index (Phi) is 4.60. The number of thioether (sulfide) groups is 1. The van der Waals surface area contributed by atoms with E-state index in [0.717, 1.165) is 48.3 Å². The normalized spacial score (nSPS) is 17.1. The van der Waals surface area contributed by atoms with E-state index in [2.05, 4.69) is 39.3 Å². The molecule has 7 nitrogen and oxygen atoms in total. The molecule has 0 radical (unpaired) electrons. The molecule has 0 fully saturated rings. The summed E-state index contributed by atoms with van der Waals surface area (Å²) in [5, 5.41) is 13.2. The van der Waals surface area contributed by atoms with E-state index in [0.29, 0.717) is 16.8 Å². The van der Waals surface area contributed by atoms with Crippen LogP contribution in [0.4, 0.5) is 0 Å². The lowest BCUT2D eigenvalue weighted by atomic mass is 9.89. The van der Waals surface area contributed by atoms with Gasteiger partial charge < -0.3 is 4.98 Å². The van der Waals surface area contributed by atoms with Crippen LogP contribution in [0, 0.1) is 5.92 Å². The minimum Gasteiger partial charge on any atom is -0.301 e. The third-order valence-electron chi connectivity index (χ3n) is 4.52. The van der Waals surface area contributed by atoms with Crippen molar-refractivity contribution < 1.29 is 0 Å². The van der Waals surface area contributed by atoms with Gasteiger partial charge >= 0.3 is 0 Å². The monoisotopic (exact) mass is 376 g/mol. The summed E-state index contributed by atoms with van der Waals surface area (Å²) in [6.07, 6.45) is 4.17. The first-order valence-corrected chi connectivity index (χ1v) is 10.4. The summed E-state index contributed by atoms with van der Waals surface area (Å²) in [6, 6.07) is 0. The van der Waals surface area contributed by atoms with Crippen LogP contribution < -0.4 is 5.56 Å².